The first-order valence-electron chi connectivity index (χ1n) is 3.60. The molecule has 0 saturated heterocycles. The molecule has 0 saturated carbocycles. The van der Waals surface area contributed by atoms with Crippen LogP contribution in [0.1, 0.15) is 10.6 Å². The summed E-state index contributed by atoms with van der Waals surface area (Å²) in [6.07, 6.45) is 0. The first kappa shape index (κ1) is 9.30. The highest BCUT2D eigenvalue weighted by Gasteiger charge is 2.11. The molecule has 0 fully saturated rings. The van der Waals surface area contributed by atoms with Crippen LogP contribution in [0.25, 0.3) is 10.2 Å². The van der Waals surface area contributed by atoms with Gasteiger partial charge in [-0.25, -0.2) is 9.78 Å². The molecule has 2 aromatic heterocycles. The summed E-state index contributed by atoms with van der Waals surface area (Å²) < 4.78 is 0.848. The molecule has 5 nitrogen and oxygen atoms in total. The quantitative estimate of drug-likeness (QED) is 0.682. The number of H-pyrrole nitrogens is 1. The van der Waals surface area contributed by atoms with Crippen LogP contribution in [0.5, 0.6) is 0 Å². The Morgan fingerprint density at radius 3 is 3.00 bits per heavy atom. The molecule has 7 heteroatoms. The maximum absolute atomic E-state index is 11.4. The Hall–Kier alpha value is -1.26. The van der Waals surface area contributed by atoms with Gasteiger partial charge < -0.3 is 10.1 Å². The highest BCUT2D eigenvalue weighted by atomic mass is 32.1. The number of fused-ring (bicyclic) bond motifs is 1. The summed E-state index contributed by atoms with van der Waals surface area (Å²) >= 11 is 1.27. The fraction of sp³-hybridized carbons (Fsp3) is 0. The van der Waals surface area contributed by atoms with Crippen molar-refractivity contribution < 1.29 is 9.90 Å². The monoisotopic (exact) mass is 228 g/mol. The first-order valence-corrected chi connectivity index (χ1v) is 5.00. The normalized spacial score (nSPS) is 10.6. The molecule has 0 spiro atoms. The zero-order valence-corrected chi connectivity index (χ0v) is 8.75. The number of carboxylic acid groups (broad SMARTS) is 1. The van der Waals surface area contributed by atoms with Crippen LogP contribution in [0.2, 0.25) is 0 Å². The summed E-state index contributed by atoms with van der Waals surface area (Å²) in [4.78, 5) is 28.4. The van der Waals surface area contributed by atoms with Crippen molar-refractivity contribution in [2.75, 3.05) is 0 Å². The van der Waals surface area contributed by atoms with Gasteiger partial charge in [0.1, 0.15) is 4.83 Å². The molecular weight excluding hydrogens is 223 g/mol. The van der Waals surface area contributed by atoms with Crippen LogP contribution in [-0.2, 0) is 0 Å². The Morgan fingerprint density at radius 1 is 1.64 bits per heavy atom. The Kier molecular flexibility index (Phi) is 2.09. The Bertz CT molecular complexity index is 574. The number of nitrogens with one attached hydrogen (secondary N) is 1. The van der Waals surface area contributed by atoms with E-state index in [2.05, 4.69) is 19.2 Å². The van der Waals surface area contributed by atoms with E-state index in [1.165, 1.54) is 11.3 Å². The Balaban J connectivity index is 2.84. The average Bonchev–Trinajstić information content (AvgIpc) is 2.45. The van der Waals surface area contributed by atoms with Gasteiger partial charge in [-0.15, -0.1) is 11.3 Å². The lowest BCUT2D eigenvalue weighted by Crippen LogP contribution is -2.14. The summed E-state index contributed by atoms with van der Waals surface area (Å²) in [7, 11) is 2.44. The van der Waals surface area contributed by atoms with Crippen LogP contribution in [0.15, 0.2) is 10.9 Å². The largest absolute Gasteiger partial charge is 0.475 e. The van der Waals surface area contributed by atoms with Gasteiger partial charge in [-0.05, 0) is 6.07 Å². The molecule has 1 atom stereocenters. The number of aromatic carboxylic acids is 1. The molecule has 0 aromatic carbocycles. The van der Waals surface area contributed by atoms with Gasteiger partial charge in [0.05, 0.1) is 5.39 Å². The maximum atomic E-state index is 11.4. The van der Waals surface area contributed by atoms with Crippen molar-refractivity contribution in [3.63, 3.8) is 0 Å². The summed E-state index contributed by atoms with van der Waals surface area (Å²) in [5.41, 5.74) is -0.419. The number of aromatic amines is 1. The lowest BCUT2D eigenvalue weighted by atomic mass is 10.4. The molecule has 0 aliphatic carbocycles. The number of carbonyl (C=O) groups is 1. The summed E-state index contributed by atoms with van der Waals surface area (Å²) in [5, 5.41) is 9.06. The highest BCUT2D eigenvalue weighted by Crippen LogP contribution is 2.14. The summed E-state index contributed by atoms with van der Waals surface area (Å²) in [6, 6.07) is 1.65. The second kappa shape index (κ2) is 3.15. The second-order valence-corrected chi connectivity index (χ2v) is 4.69. The SMILES string of the molecule is O=C(O)c1nc2sc(P)cc2c(=O)[nH]1. The Labute approximate surface area is 84.0 Å². The third kappa shape index (κ3) is 1.42. The van der Waals surface area contributed by atoms with Gasteiger partial charge in [0.15, 0.2) is 0 Å². The standard InChI is InChI=1S/C7H5N2O3PS/c10-5-2-1-3(13)14-6(2)9-4(8-5)7(11)12/h1H,13H2,(H,11,12)(H,8,9,10). The molecule has 2 aromatic rings. The molecule has 1 unspecified atom stereocenters. The zero-order valence-electron chi connectivity index (χ0n) is 6.77. The molecule has 0 bridgehead atoms. The first-order chi connectivity index (χ1) is 6.58. The molecule has 0 aliphatic rings. The molecule has 0 radical (unpaired) electrons. The Morgan fingerprint density at radius 2 is 2.36 bits per heavy atom. The van der Waals surface area contributed by atoms with Crippen molar-refractivity contribution >= 4 is 41.4 Å². The van der Waals surface area contributed by atoms with Crippen molar-refractivity contribution in [2.24, 2.45) is 0 Å². The predicted octanol–water partition coefficient (Wildman–Crippen LogP) is 0.183. The topological polar surface area (TPSA) is 83.0 Å². The van der Waals surface area contributed by atoms with E-state index in [0.717, 1.165) is 4.62 Å². The number of hydrogen-bond acceptors (Lipinski definition) is 4. The van der Waals surface area contributed by atoms with Crippen LogP contribution < -0.4 is 10.2 Å². The maximum Gasteiger partial charge on any atom is 0.372 e. The second-order valence-electron chi connectivity index (χ2n) is 2.59. The van der Waals surface area contributed by atoms with Crippen LogP contribution in [-0.4, -0.2) is 21.0 Å². The molecule has 72 valence electrons. The zero-order chi connectivity index (χ0) is 10.3. The number of carboxylic acids is 1. The van der Waals surface area contributed by atoms with Crippen molar-refractivity contribution in [1.29, 1.82) is 0 Å². The van der Waals surface area contributed by atoms with Crippen molar-refractivity contribution in [3.05, 3.63) is 22.2 Å². The minimum atomic E-state index is -1.23. The van der Waals surface area contributed by atoms with E-state index in [0.29, 0.717) is 10.2 Å². The van der Waals surface area contributed by atoms with Gasteiger partial charge in [0, 0.05) is 4.62 Å². The van der Waals surface area contributed by atoms with Gasteiger partial charge in [-0.2, -0.15) is 0 Å². The minimum Gasteiger partial charge on any atom is -0.475 e. The van der Waals surface area contributed by atoms with Crippen molar-refractivity contribution in [1.82, 2.24) is 9.97 Å². The van der Waals surface area contributed by atoms with Crippen LogP contribution >= 0.6 is 20.6 Å². The third-order valence-corrected chi connectivity index (χ3v) is 3.00. The van der Waals surface area contributed by atoms with Crippen LogP contribution in [0.3, 0.4) is 0 Å². The number of thiophene rings is 1. The highest BCUT2D eigenvalue weighted by molar-refractivity contribution is 7.45. The number of nitrogens with zero attached hydrogens (tertiary/aromatic N) is 1. The molecule has 0 amide bonds. The summed E-state index contributed by atoms with van der Waals surface area (Å²) in [6.45, 7) is 0. The summed E-state index contributed by atoms with van der Waals surface area (Å²) in [5.74, 6) is -1.56. The molecule has 14 heavy (non-hydrogen) atoms. The minimum absolute atomic E-state index is 0.325. The molecule has 0 aliphatic heterocycles. The molecule has 2 heterocycles. The molecule has 2 rings (SSSR count). The lowest BCUT2D eigenvalue weighted by molar-refractivity contribution is 0.0683. The van der Waals surface area contributed by atoms with Gasteiger partial charge in [0.2, 0.25) is 5.82 Å². The molecular formula is C7H5N2O3PS. The number of rotatable bonds is 1. The smallest absolute Gasteiger partial charge is 0.372 e. The molecule has 2 N–H and O–H groups in total. The van der Waals surface area contributed by atoms with E-state index in [1.807, 2.05) is 0 Å². The average molecular weight is 228 g/mol. The van der Waals surface area contributed by atoms with Crippen LogP contribution in [0.4, 0.5) is 0 Å². The van der Waals surface area contributed by atoms with Gasteiger partial charge in [-0.1, -0.05) is 9.24 Å². The van der Waals surface area contributed by atoms with Crippen molar-refractivity contribution in [3.8, 4) is 0 Å². The van der Waals surface area contributed by atoms with E-state index in [4.69, 9.17) is 5.11 Å². The van der Waals surface area contributed by atoms with E-state index in [9.17, 15) is 9.59 Å². The van der Waals surface area contributed by atoms with Crippen LogP contribution in [0, 0.1) is 0 Å². The fourth-order valence-electron chi connectivity index (χ4n) is 1.05. The van der Waals surface area contributed by atoms with Gasteiger partial charge in [0.25, 0.3) is 5.56 Å². The van der Waals surface area contributed by atoms with E-state index in [1.54, 1.807) is 6.07 Å². The fourth-order valence-corrected chi connectivity index (χ4v) is 2.35. The lowest BCUT2D eigenvalue weighted by Gasteiger charge is -1.92. The van der Waals surface area contributed by atoms with Gasteiger partial charge in [-0.3, -0.25) is 4.79 Å². The van der Waals surface area contributed by atoms with Gasteiger partial charge >= 0.3 is 5.97 Å². The number of aromatic nitrogens is 2. The van der Waals surface area contributed by atoms with E-state index < -0.39 is 11.5 Å². The third-order valence-electron chi connectivity index (χ3n) is 1.62. The van der Waals surface area contributed by atoms with Crippen molar-refractivity contribution in [2.45, 2.75) is 0 Å². The van der Waals surface area contributed by atoms with E-state index >= 15 is 0 Å². The predicted molar refractivity (Wildman–Crippen MR) is 56.5 cm³/mol. The van der Waals surface area contributed by atoms with E-state index in [-0.39, 0.29) is 5.82 Å². The number of hydrogen-bond donors (Lipinski definition) is 2.